The SMILES string of the molecule is CC(C)=CCC[C@]1(C)CCc2c(O)ccc(C(=O)/C=C/c3ccc(O)cc3)c2O1. The van der Waals surface area contributed by atoms with E-state index in [1.54, 1.807) is 42.5 Å². The first kappa shape index (κ1) is 20.7. The molecule has 1 aliphatic heterocycles. The van der Waals surface area contributed by atoms with Crippen molar-refractivity contribution in [3.8, 4) is 17.2 Å². The highest BCUT2D eigenvalue weighted by Gasteiger charge is 2.34. The number of aromatic hydroxyl groups is 2. The summed E-state index contributed by atoms with van der Waals surface area (Å²) in [6, 6.07) is 9.82. The number of hydrogen-bond acceptors (Lipinski definition) is 4. The summed E-state index contributed by atoms with van der Waals surface area (Å²) >= 11 is 0. The number of ether oxygens (including phenoxy) is 1. The first-order chi connectivity index (χ1) is 13.8. The van der Waals surface area contributed by atoms with Gasteiger partial charge in [0, 0.05) is 5.56 Å². The molecular weight excluding hydrogens is 364 g/mol. The number of carbonyl (C=O) groups excluding carboxylic acids is 1. The van der Waals surface area contributed by atoms with Crippen LogP contribution in [0.4, 0.5) is 0 Å². The van der Waals surface area contributed by atoms with E-state index in [4.69, 9.17) is 4.74 Å². The Morgan fingerprint density at radius 2 is 1.86 bits per heavy atom. The predicted octanol–water partition coefficient (Wildman–Crippen LogP) is 5.82. The Labute approximate surface area is 172 Å². The van der Waals surface area contributed by atoms with Crippen LogP contribution in [0, 0.1) is 0 Å². The molecule has 2 aromatic rings. The number of ketones is 1. The number of rotatable bonds is 6. The molecule has 2 N–H and O–H groups in total. The van der Waals surface area contributed by atoms with Gasteiger partial charge >= 0.3 is 0 Å². The van der Waals surface area contributed by atoms with Crippen LogP contribution in [0.3, 0.4) is 0 Å². The van der Waals surface area contributed by atoms with Crippen molar-refractivity contribution in [2.45, 2.75) is 52.1 Å². The van der Waals surface area contributed by atoms with Crippen LogP contribution in [0.5, 0.6) is 17.2 Å². The number of phenolic OH excluding ortho intramolecular Hbond substituents is 2. The van der Waals surface area contributed by atoms with Crippen LogP contribution in [-0.4, -0.2) is 21.6 Å². The van der Waals surface area contributed by atoms with Crippen LogP contribution < -0.4 is 4.74 Å². The number of carbonyl (C=O) groups is 1. The topological polar surface area (TPSA) is 66.8 Å². The Hall–Kier alpha value is -3.01. The Balaban J connectivity index is 1.85. The highest BCUT2D eigenvalue weighted by molar-refractivity contribution is 6.09. The molecule has 2 aromatic carbocycles. The summed E-state index contributed by atoms with van der Waals surface area (Å²) in [5.74, 6) is 0.673. The van der Waals surface area contributed by atoms with Gasteiger partial charge in [0.2, 0.25) is 0 Å². The third-order valence-corrected chi connectivity index (χ3v) is 5.30. The summed E-state index contributed by atoms with van der Waals surface area (Å²) in [5, 5.41) is 19.6. The second-order valence-corrected chi connectivity index (χ2v) is 8.10. The Morgan fingerprint density at radius 3 is 2.55 bits per heavy atom. The second-order valence-electron chi connectivity index (χ2n) is 8.10. The molecule has 0 unspecified atom stereocenters. The van der Waals surface area contributed by atoms with Crippen molar-refractivity contribution in [1.29, 1.82) is 0 Å². The van der Waals surface area contributed by atoms with Crippen LogP contribution in [0.25, 0.3) is 6.08 Å². The molecule has 0 saturated carbocycles. The normalized spacial score (nSPS) is 18.2. The summed E-state index contributed by atoms with van der Waals surface area (Å²) in [6.07, 6.45) is 8.64. The maximum Gasteiger partial charge on any atom is 0.189 e. The third kappa shape index (κ3) is 5.08. The van der Waals surface area contributed by atoms with Gasteiger partial charge in [-0.05, 0) is 82.4 Å². The van der Waals surface area contributed by atoms with E-state index in [2.05, 4.69) is 26.8 Å². The van der Waals surface area contributed by atoms with Gasteiger partial charge in [0.15, 0.2) is 5.78 Å². The van der Waals surface area contributed by atoms with Gasteiger partial charge in [0.25, 0.3) is 0 Å². The van der Waals surface area contributed by atoms with Crippen molar-refractivity contribution in [3.05, 3.63) is 70.8 Å². The number of allylic oxidation sites excluding steroid dienone is 3. The fourth-order valence-corrected chi connectivity index (χ4v) is 3.55. The van der Waals surface area contributed by atoms with Gasteiger partial charge in [-0.15, -0.1) is 0 Å². The van der Waals surface area contributed by atoms with Crippen LogP contribution in [0.1, 0.15) is 61.5 Å². The molecule has 0 aromatic heterocycles. The van der Waals surface area contributed by atoms with Crippen molar-refractivity contribution in [2.24, 2.45) is 0 Å². The maximum atomic E-state index is 12.9. The third-order valence-electron chi connectivity index (χ3n) is 5.30. The zero-order valence-electron chi connectivity index (χ0n) is 17.2. The standard InChI is InChI=1S/C25H28O4/c1-17(2)5-4-15-25(3)16-14-21-23(28)13-11-20(24(21)29-25)22(27)12-8-18-6-9-19(26)10-7-18/h5-13,26,28H,4,14-16H2,1-3H3/b12-8+/t25-/m1/s1. The smallest absolute Gasteiger partial charge is 0.189 e. The molecule has 0 aliphatic carbocycles. The molecular formula is C25H28O4. The minimum absolute atomic E-state index is 0.172. The first-order valence-corrected chi connectivity index (χ1v) is 9.96. The summed E-state index contributed by atoms with van der Waals surface area (Å²) in [4.78, 5) is 12.9. The lowest BCUT2D eigenvalue weighted by Gasteiger charge is -2.37. The van der Waals surface area contributed by atoms with Crippen LogP contribution in [0.15, 0.2) is 54.1 Å². The van der Waals surface area contributed by atoms with E-state index in [0.29, 0.717) is 23.3 Å². The molecule has 0 bridgehead atoms. The van der Waals surface area contributed by atoms with Gasteiger partial charge < -0.3 is 14.9 Å². The zero-order valence-corrected chi connectivity index (χ0v) is 17.2. The number of fused-ring (bicyclic) bond motifs is 1. The summed E-state index contributed by atoms with van der Waals surface area (Å²) < 4.78 is 6.33. The lowest BCUT2D eigenvalue weighted by atomic mass is 9.87. The molecule has 4 heteroatoms. The Morgan fingerprint density at radius 1 is 1.14 bits per heavy atom. The van der Waals surface area contributed by atoms with E-state index in [-0.39, 0.29) is 22.9 Å². The lowest BCUT2D eigenvalue weighted by Crippen LogP contribution is -2.36. The van der Waals surface area contributed by atoms with Crippen LogP contribution in [0.2, 0.25) is 0 Å². The highest BCUT2D eigenvalue weighted by atomic mass is 16.5. The van der Waals surface area contributed by atoms with Crippen molar-refractivity contribution in [1.82, 2.24) is 0 Å². The molecule has 1 aliphatic rings. The van der Waals surface area contributed by atoms with Crippen molar-refractivity contribution < 1.29 is 19.7 Å². The minimum Gasteiger partial charge on any atom is -0.508 e. The monoisotopic (exact) mass is 392 g/mol. The quantitative estimate of drug-likeness (QED) is 0.369. The predicted molar refractivity (Wildman–Crippen MR) is 116 cm³/mol. The average Bonchev–Trinajstić information content (AvgIpc) is 2.67. The largest absolute Gasteiger partial charge is 0.508 e. The van der Waals surface area contributed by atoms with Crippen molar-refractivity contribution in [3.63, 3.8) is 0 Å². The summed E-state index contributed by atoms with van der Waals surface area (Å²) in [7, 11) is 0. The molecule has 152 valence electrons. The molecule has 1 heterocycles. The Bertz CT molecular complexity index is 950. The molecule has 0 amide bonds. The van der Waals surface area contributed by atoms with E-state index >= 15 is 0 Å². The zero-order chi connectivity index (χ0) is 21.0. The van der Waals surface area contributed by atoms with Crippen LogP contribution in [-0.2, 0) is 6.42 Å². The van der Waals surface area contributed by atoms with Gasteiger partial charge in [-0.3, -0.25) is 4.79 Å². The van der Waals surface area contributed by atoms with Crippen LogP contribution >= 0.6 is 0 Å². The van der Waals surface area contributed by atoms with E-state index in [1.165, 1.54) is 11.6 Å². The molecule has 0 radical (unpaired) electrons. The van der Waals surface area contributed by atoms with E-state index in [0.717, 1.165) is 24.8 Å². The second kappa shape index (κ2) is 8.56. The summed E-state index contributed by atoms with van der Waals surface area (Å²) in [6.45, 7) is 6.22. The molecule has 0 fully saturated rings. The van der Waals surface area contributed by atoms with Gasteiger partial charge in [-0.1, -0.05) is 29.9 Å². The fraction of sp³-hybridized carbons (Fsp3) is 0.320. The molecule has 0 saturated heterocycles. The minimum atomic E-state index is -0.373. The average molecular weight is 392 g/mol. The fourth-order valence-electron chi connectivity index (χ4n) is 3.55. The number of hydrogen-bond donors (Lipinski definition) is 2. The van der Waals surface area contributed by atoms with Gasteiger partial charge in [-0.2, -0.15) is 0 Å². The lowest BCUT2D eigenvalue weighted by molar-refractivity contribution is 0.0550. The maximum absolute atomic E-state index is 12.9. The first-order valence-electron chi connectivity index (χ1n) is 9.96. The van der Waals surface area contributed by atoms with E-state index < -0.39 is 0 Å². The van der Waals surface area contributed by atoms with Gasteiger partial charge in [0.05, 0.1) is 5.56 Å². The Kier molecular flexibility index (Phi) is 6.12. The number of benzene rings is 2. The molecule has 3 rings (SSSR count). The molecule has 29 heavy (non-hydrogen) atoms. The molecule has 1 atom stereocenters. The molecule has 4 nitrogen and oxygen atoms in total. The van der Waals surface area contributed by atoms with Crippen molar-refractivity contribution >= 4 is 11.9 Å². The number of phenols is 2. The molecule has 0 spiro atoms. The van der Waals surface area contributed by atoms with Crippen molar-refractivity contribution in [2.75, 3.05) is 0 Å². The van der Waals surface area contributed by atoms with Gasteiger partial charge in [0.1, 0.15) is 22.8 Å². The highest BCUT2D eigenvalue weighted by Crippen LogP contribution is 2.42. The van der Waals surface area contributed by atoms with E-state index in [1.807, 2.05) is 0 Å². The van der Waals surface area contributed by atoms with Gasteiger partial charge in [-0.25, -0.2) is 0 Å². The summed E-state index contributed by atoms with van der Waals surface area (Å²) in [5.41, 5.74) is 2.88. The van der Waals surface area contributed by atoms with E-state index in [9.17, 15) is 15.0 Å².